The summed E-state index contributed by atoms with van der Waals surface area (Å²) in [6.45, 7) is 0.667. The van der Waals surface area contributed by atoms with E-state index in [1.54, 1.807) is 13.3 Å². The Morgan fingerprint density at radius 1 is 1.44 bits per heavy atom. The van der Waals surface area contributed by atoms with Crippen molar-refractivity contribution in [2.75, 3.05) is 19.0 Å². The van der Waals surface area contributed by atoms with Crippen LogP contribution in [0.3, 0.4) is 0 Å². The minimum atomic E-state index is 0.0571. The summed E-state index contributed by atoms with van der Waals surface area (Å²) >= 11 is 0. The molecule has 0 atom stereocenters. The molecule has 1 heterocycles. The van der Waals surface area contributed by atoms with Crippen LogP contribution in [0.4, 0.5) is 5.82 Å². The fourth-order valence-corrected chi connectivity index (χ4v) is 2.28. The summed E-state index contributed by atoms with van der Waals surface area (Å²) in [7, 11) is 1.64. The quantitative estimate of drug-likeness (QED) is 0.813. The van der Waals surface area contributed by atoms with Crippen molar-refractivity contribution in [2.24, 2.45) is 5.73 Å². The van der Waals surface area contributed by atoms with Gasteiger partial charge in [0.25, 0.3) is 0 Å². The molecular formula is C12H19N3O. The Bertz CT molecular complexity index is 331. The first kappa shape index (κ1) is 11.2. The number of aromatic nitrogens is 1. The molecule has 0 saturated heterocycles. The van der Waals surface area contributed by atoms with E-state index in [0.717, 1.165) is 24.4 Å². The van der Waals surface area contributed by atoms with Gasteiger partial charge in [-0.2, -0.15) is 0 Å². The number of methoxy groups -OCH3 is 1. The zero-order valence-electron chi connectivity index (χ0n) is 9.70. The van der Waals surface area contributed by atoms with Crippen molar-refractivity contribution in [3.8, 4) is 5.75 Å². The maximum Gasteiger partial charge on any atom is 0.137 e. The summed E-state index contributed by atoms with van der Waals surface area (Å²) in [4.78, 5) is 4.31. The number of rotatable bonds is 4. The largest absolute Gasteiger partial charge is 0.495 e. The molecule has 1 aliphatic rings. The van der Waals surface area contributed by atoms with E-state index < -0.39 is 0 Å². The molecule has 1 fully saturated rings. The standard InChI is InChI=1S/C12H19N3O/c1-16-10-4-5-11(14-8-10)15-12(9-13)6-2-3-7-12/h4-5,8H,2-3,6-7,9,13H2,1H3,(H,14,15). The molecule has 1 aliphatic carbocycles. The third-order valence-electron chi connectivity index (χ3n) is 3.32. The van der Waals surface area contributed by atoms with Crippen LogP contribution in [0.5, 0.6) is 5.75 Å². The fourth-order valence-electron chi connectivity index (χ4n) is 2.28. The Morgan fingerprint density at radius 2 is 2.19 bits per heavy atom. The Labute approximate surface area is 96.2 Å². The number of hydrogen-bond donors (Lipinski definition) is 2. The van der Waals surface area contributed by atoms with Crippen molar-refractivity contribution in [2.45, 2.75) is 31.2 Å². The van der Waals surface area contributed by atoms with Crippen LogP contribution in [0.25, 0.3) is 0 Å². The van der Waals surface area contributed by atoms with Gasteiger partial charge < -0.3 is 15.8 Å². The molecule has 2 rings (SSSR count). The number of anilines is 1. The van der Waals surface area contributed by atoms with Gasteiger partial charge >= 0.3 is 0 Å². The van der Waals surface area contributed by atoms with Gasteiger partial charge in [0, 0.05) is 6.54 Å². The average Bonchev–Trinajstić information content (AvgIpc) is 2.79. The monoisotopic (exact) mass is 221 g/mol. The molecule has 88 valence electrons. The number of hydrogen-bond acceptors (Lipinski definition) is 4. The van der Waals surface area contributed by atoms with Crippen LogP contribution in [-0.4, -0.2) is 24.2 Å². The zero-order chi connectivity index (χ0) is 11.4. The van der Waals surface area contributed by atoms with Crippen molar-refractivity contribution in [1.82, 2.24) is 4.98 Å². The molecule has 0 aromatic carbocycles. The molecule has 0 amide bonds. The van der Waals surface area contributed by atoms with Crippen LogP contribution in [-0.2, 0) is 0 Å². The molecule has 16 heavy (non-hydrogen) atoms. The average molecular weight is 221 g/mol. The van der Waals surface area contributed by atoms with Gasteiger partial charge in [0.1, 0.15) is 11.6 Å². The molecule has 1 saturated carbocycles. The molecular weight excluding hydrogens is 202 g/mol. The first-order chi connectivity index (χ1) is 7.78. The van der Waals surface area contributed by atoms with E-state index in [4.69, 9.17) is 10.5 Å². The highest BCUT2D eigenvalue weighted by atomic mass is 16.5. The molecule has 4 nitrogen and oxygen atoms in total. The summed E-state index contributed by atoms with van der Waals surface area (Å²) in [5, 5.41) is 3.46. The third kappa shape index (κ3) is 2.27. The van der Waals surface area contributed by atoms with Crippen LogP contribution in [0.2, 0.25) is 0 Å². The molecule has 3 N–H and O–H groups in total. The van der Waals surface area contributed by atoms with E-state index in [2.05, 4.69) is 10.3 Å². The molecule has 0 bridgehead atoms. The highest BCUT2D eigenvalue weighted by Crippen LogP contribution is 2.31. The van der Waals surface area contributed by atoms with E-state index in [1.807, 2.05) is 12.1 Å². The third-order valence-corrected chi connectivity index (χ3v) is 3.32. The fraction of sp³-hybridized carbons (Fsp3) is 0.583. The van der Waals surface area contributed by atoms with Crippen molar-refractivity contribution in [3.05, 3.63) is 18.3 Å². The van der Waals surface area contributed by atoms with Gasteiger partial charge in [0.05, 0.1) is 18.8 Å². The molecule has 4 heteroatoms. The second-order valence-electron chi connectivity index (χ2n) is 4.40. The number of nitrogens with two attached hydrogens (primary N) is 1. The highest BCUT2D eigenvalue weighted by Gasteiger charge is 2.32. The Balaban J connectivity index is 2.07. The first-order valence-corrected chi connectivity index (χ1v) is 5.76. The van der Waals surface area contributed by atoms with Gasteiger partial charge in [0.2, 0.25) is 0 Å². The summed E-state index contributed by atoms with van der Waals surface area (Å²) < 4.78 is 5.08. The second-order valence-corrected chi connectivity index (χ2v) is 4.40. The minimum absolute atomic E-state index is 0.0571. The Hall–Kier alpha value is -1.29. The predicted molar refractivity (Wildman–Crippen MR) is 64.7 cm³/mol. The van der Waals surface area contributed by atoms with E-state index in [-0.39, 0.29) is 5.54 Å². The van der Waals surface area contributed by atoms with Gasteiger partial charge in [-0.3, -0.25) is 0 Å². The van der Waals surface area contributed by atoms with E-state index >= 15 is 0 Å². The summed E-state index contributed by atoms with van der Waals surface area (Å²) in [5.41, 5.74) is 5.91. The maximum absolute atomic E-state index is 5.86. The lowest BCUT2D eigenvalue weighted by molar-refractivity contribution is 0.412. The summed E-state index contributed by atoms with van der Waals surface area (Å²) in [6, 6.07) is 3.85. The molecule has 0 radical (unpaired) electrons. The van der Waals surface area contributed by atoms with Crippen molar-refractivity contribution in [3.63, 3.8) is 0 Å². The van der Waals surface area contributed by atoms with E-state index in [1.165, 1.54) is 12.8 Å². The smallest absolute Gasteiger partial charge is 0.137 e. The van der Waals surface area contributed by atoms with Gasteiger partial charge in [-0.15, -0.1) is 0 Å². The Kier molecular flexibility index (Phi) is 3.29. The minimum Gasteiger partial charge on any atom is -0.495 e. The molecule has 0 spiro atoms. The normalized spacial score (nSPS) is 18.4. The van der Waals surface area contributed by atoms with Crippen molar-refractivity contribution in [1.29, 1.82) is 0 Å². The second kappa shape index (κ2) is 4.70. The maximum atomic E-state index is 5.86. The van der Waals surface area contributed by atoms with E-state index in [0.29, 0.717) is 6.54 Å². The lowest BCUT2D eigenvalue weighted by Crippen LogP contribution is -2.43. The lowest BCUT2D eigenvalue weighted by atomic mass is 9.98. The zero-order valence-corrected chi connectivity index (χ0v) is 9.70. The summed E-state index contributed by atoms with van der Waals surface area (Å²) in [5.74, 6) is 1.66. The van der Waals surface area contributed by atoms with Gasteiger partial charge in [-0.05, 0) is 25.0 Å². The van der Waals surface area contributed by atoms with Crippen LogP contribution < -0.4 is 15.8 Å². The van der Waals surface area contributed by atoms with Crippen LogP contribution in [0, 0.1) is 0 Å². The topological polar surface area (TPSA) is 60.2 Å². The number of nitrogens with zero attached hydrogens (tertiary/aromatic N) is 1. The number of ether oxygens (including phenoxy) is 1. The summed E-state index contributed by atoms with van der Waals surface area (Å²) in [6.07, 6.45) is 6.50. The Morgan fingerprint density at radius 3 is 2.69 bits per heavy atom. The number of nitrogens with one attached hydrogen (secondary N) is 1. The van der Waals surface area contributed by atoms with Crippen LogP contribution in [0.15, 0.2) is 18.3 Å². The number of pyridine rings is 1. The van der Waals surface area contributed by atoms with Crippen molar-refractivity contribution >= 4 is 5.82 Å². The molecule has 0 unspecified atom stereocenters. The van der Waals surface area contributed by atoms with E-state index in [9.17, 15) is 0 Å². The lowest BCUT2D eigenvalue weighted by Gasteiger charge is -2.29. The van der Waals surface area contributed by atoms with Crippen molar-refractivity contribution < 1.29 is 4.74 Å². The van der Waals surface area contributed by atoms with Gasteiger partial charge in [-0.25, -0.2) is 4.98 Å². The van der Waals surface area contributed by atoms with Gasteiger partial charge in [-0.1, -0.05) is 12.8 Å². The molecule has 1 aromatic rings. The SMILES string of the molecule is COc1ccc(NC2(CN)CCCC2)nc1. The molecule has 0 aliphatic heterocycles. The predicted octanol–water partition coefficient (Wildman–Crippen LogP) is 1.77. The molecule has 1 aromatic heterocycles. The first-order valence-electron chi connectivity index (χ1n) is 5.76. The van der Waals surface area contributed by atoms with Crippen LogP contribution >= 0.6 is 0 Å². The highest BCUT2D eigenvalue weighted by molar-refractivity contribution is 5.40. The van der Waals surface area contributed by atoms with Gasteiger partial charge in [0.15, 0.2) is 0 Å². The van der Waals surface area contributed by atoms with Crippen LogP contribution in [0.1, 0.15) is 25.7 Å².